The van der Waals surface area contributed by atoms with Crippen molar-refractivity contribution in [2.75, 3.05) is 26.3 Å². The van der Waals surface area contributed by atoms with Crippen LogP contribution in [0.15, 0.2) is 48.5 Å². The number of aliphatic carboxylic acids is 1. The fourth-order valence-electron chi connectivity index (χ4n) is 5.70. The highest BCUT2D eigenvalue weighted by atomic mass is 16.5. The minimum atomic E-state index is -1.03. The van der Waals surface area contributed by atoms with Crippen LogP contribution in [0.2, 0.25) is 0 Å². The first-order valence-corrected chi connectivity index (χ1v) is 12.1. The Morgan fingerprint density at radius 3 is 2.29 bits per heavy atom. The Bertz CT molecular complexity index is 1100. The van der Waals surface area contributed by atoms with E-state index in [0.29, 0.717) is 19.5 Å². The van der Waals surface area contributed by atoms with Crippen molar-refractivity contribution >= 4 is 18.0 Å². The molecule has 2 aromatic rings. The highest BCUT2D eigenvalue weighted by Gasteiger charge is 2.47. The average molecular weight is 479 g/mol. The number of likely N-dealkylation sites (tertiary alicyclic amines) is 1. The Balaban J connectivity index is 1.16. The second-order valence-corrected chi connectivity index (χ2v) is 9.94. The highest BCUT2D eigenvalue weighted by molar-refractivity contribution is 5.82. The van der Waals surface area contributed by atoms with Crippen LogP contribution in [0.4, 0.5) is 4.79 Å². The summed E-state index contributed by atoms with van der Waals surface area (Å²) >= 11 is 0. The molecule has 2 amide bonds. The maximum Gasteiger partial charge on any atom is 0.407 e. The number of fused-ring (bicyclic) bond motifs is 3. The number of rotatable bonds is 7. The molecule has 0 radical (unpaired) electrons. The van der Waals surface area contributed by atoms with Gasteiger partial charge in [0.25, 0.3) is 0 Å². The third-order valence-corrected chi connectivity index (χ3v) is 7.39. The van der Waals surface area contributed by atoms with E-state index in [1.54, 1.807) is 11.8 Å². The van der Waals surface area contributed by atoms with Crippen LogP contribution >= 0.6 is 0 Å². The Morgan fingerprint density at radius 2 is 1.66 bits per heavy atom. The predicted molar refractivity (Wildman–Crippen MR) is 128 cm³/mol. The minimum absolute atomic E-state index is 0.0151. The van der Waals surface area contributed by atoms with Crippen LogP contribution in [0.5, 0.6) is 0 Å². The van der Waals surface area contributed by atoms with E-state index in [9.17, 15) is 14.4 Å². The number of hydrogen-bond donors (Lipinski definition) is 2. The largest absolute Gasteiger partial charge is 0.480 e. The fourth-order valence-corrected chi connectivity index (χ4v) is 5.70. The van der Waals surface area contributed by atoms with Crippen molar-refractivity contribution in [3.63, 3.8) is 0 Å². The minimum Gasteiger partial charge on any atom is -0.480 e. The summed E-state index contributed by atoms with van der Waals surface area (Å²) < 4.78 is 11.1. The van der Waals surface area contributed by atoms with E-state index in [1.165, 1.54) is 11.1 Å². The summed E-state index contributed by atoms with van der Waals surface area (Å²) in [6.45, 7) is 2.37. The van der Waals surface area contributed by atoms with Gasteiger partial charge < -0.3 is 24.8 Å². The molecule has 8 heteroatoms. The van der Waals surface area contributed by atoms with Gasteiger partial charge in [-0.25, -0.2) is 9.59 Å². The van der Waals surface area contributed by atoms with Gasteiger partial charge in [0.2, 0.25) is 5.91 Å². The third kappa shape index (κ3) is 4.62. The van der Waals surface area contributed by atoms with Crippen molar-refractivity contribution < 1.29 is 29.0 Å². The molecule has 184 valence electrons. The first-order chi connectivity index (χ1) is 16.8. The summed E-state index contributed by atoms with van der Waals surface area (Å²) in [6, 6.07) is 16.1. The van der Waals surface area contributed by atoms with Gasteiger partial charge in [0.05, 0.1) is 19.0 Å². The van der Waals surface area contributed by atoms with E-state index < -0.39 is 17.7 Å². The number of hydrogen-bond acceptors (Lipinski definition) is 5. The van der Waals surface area contributed by atoms with Crippen LogP contribution in [-0.4, -0.2) is 65.9 Å². The van der Waals surface area contributed by atoms with Crippen molar-refractivity contribution in [1.29, 1.82) is 0 Å². The topological polar surface area (TPSA) is 105 Å². The number of carbonyl (C=O) groups excluding carboxylic acids is 2. The Hall–Kier alpha value is -3.39. The molecule has 35 heavy (non-hydrogen) atoms. The predicted octanol–water partition coefficient (Wildman–Crippen LogP) is 3.40. The number of benzene rings is 2. The molecule has 2 atom stereocenters. The molecule has 1 saturated heterocycles. The molecule has 1 aliphatic heterocycles. The standard InChI is InChI=1S/C27H30N2O6/c1-27(35-14-24(30)31)15-29(16-27)25(32)21-11-6-12-23(21)28-26(33)34-13-22-19-9-4-2-7-17(19)18-8-3-5-10-20(18)22/h2-5,7-10,21-23H,6,11-16H2,1H3,(H,28,33)(H,30,31)/t21-,23+/m1/s1. The Morgan fingerprint density at radius 1 is 1.03 bits per heavy atom. The quantitative estimate of drug-likeness (QED) is 0.632. The van der Waals surface area contributed by atoms with Crippen LogP contribution in [0.25, 0.3) is 11.1 Å². The molecule has 0 spiro atoms. The number of ether oxygens (including phenoxy) is 2. The van der Waals surface area contributed by atoms with Crippen molar-refractivity contribution in [3.8, 4) is 11.1 Å². The van der Waals surface area contributed by atoms with Crippen molar-refractivity contribution in [2.24, 2.45) is 5.92 Å². The Kier molecular flexibility index (Phi) is 6.23. The van der Waals surface area contributed by atoms with Gasteiger partial charge in [-0.3, -0.25) is 4.79 Å². The fraction of sp³-hybridized carbons (Fsp3) is 0.444. The molecule has 1 saturated carbocycles. The van der Waals surface area contributed by atoms with Crippen LogP contribution in [0.3, 0.4) is 0 Å². The van der Waals surface area contributed by atoms with Gasteiger partial charge in [0, 0.05) is 12.0 Å². The zero-order chi connectivity index (χ0) is 24.6. The molecule has 0 aromatic heterocycles. The molecule has 2 N–H and O–H groups in total. The summed E-state index contributed by atoms with van der Waals surface area (Å²) in [5.74, 6) is -1.37. The summed E-state index contributed by atoms with van der Waals surface area (Å²) in [7, 11) is 0. The smallest absolute Gasteiger partial charge is 0.407 e. The van der Waals surface area contributed by atoms with Crippen LogP contribution in [-0.2, 0) is 19.1 Å². The van der Waals surface area contributed by atoms with Crippen LogP contribution in [0, 0.1) is 5.92 Å². The number of carboxylic acid groups (broad SMARTS) is 1. The van der Waals surface area contributed by atoms with E-state index in [0.717, 1.165) is 24.0 Å². The van der Waals surface area contributed by atoms with Gasteiger partial charge in [0.1, 0.15) is 18.8 Å². The van der Waals surface area contributed by atoms with Gasteiger partial charge in [-0.15, -0.1) is 0 Å². The van der Waals surface area contributed by atoms with Gasteiger partial charge in [-0.05, 0) is 42.0 Å². The van der Waals surface area contributed by atoms with Gasteiger partial charge in [0.15, 0.2) is 0 Å². The van der Waals surface area contributed by atoms with E-state index in [1.807, 2.05) is 24.3 Å². The summed E-state index contributed by atoms with van der Waals surface area (Å²) in [5.41, 5.74) is 4.02. The second kappa shape index (κ2) is 9.34. The molecule has 2 fully saturated rings. The van der Waals surface area contributed by atoms with E-state index in [2.05, 4.69) is 29.6 Å². The van der Waals surface area contributed by atoms with E-state index in [-0.39, 0.29) is 37.0 Å². The van der Waals surface area contributed by atoms with E-state index >= 15 is 0 Å². The summed E-state index contributed by atoms with van der Waals surface area (Å²) in [6.07, 6.45) is 1.78. The van der Waals surface area contributed by atoms with Gasteiger partial charge in [-0.2, -0.15) is 0 Å². The first kappa shape index (κ1) is 23.4. The molecular formula is C27H30N2O6. The zero-order valence-corrected chi connectivity index (χ0v) is 19.7. The van der Waals surface area contributed by atoms with Crippen LogP contribution < -0.4 is 5.32 Å². The number of carboxylic acids is 1. The molecule has 0 bridgehead atoms. The number of nitrogens with one attached hydrogen (secondary N) is 1. The second-order valence-electron chi connectivity index (χ2n) is 9.94. The molecule has 1 heterocycles. The van der Waals surface area contributed by atoms with Crippen molar-refractivity contribution in [3.05, 3.63) is 59.7 Å². The monoisotopic (exact) mass is 478 g/mol. The SMILES string of the molecule is CC1(OCC(=O)O)CN(C(=O)[C@@H]2CCC[C@@H]2NC(=O)OCC2c3ccccc3-c3ccccc32)C1. The number of carbonyl (C=O) groups is 3. The van der Waals surface area contributed by atoms with Crippen molar-refractivity contribution in [1.82, 2.24) is 10.2 Å². The summed E-state index contributed by atoms with van der Waals surface area (Å²) in [4.78, 5) is 38.2. The highest BCUT2D eigenvalue weighted by Crippen LogP contribution is 2.44. The van der Waals surface area contributed by atoms with Crippen molar-refractivity contribution in [2.45, 2.75) is 43.7 Å². The van der Waals surface area contributed by atoms with Gasteiger partial charge in [-0.1, -0.05) is 55.0 Å². The maximum absolute atomic E-state index is 13.0. The lowest BCUT2D eigenvalue weighted by Crippen LogP contribution is -2.65. The number of nitrogens with zero attached hydrogens (tertiary/aromatic N) is 1. The lowest BCUT2D eigenvalue weighted by molar-refractivity contribution is -0.175. The maximum atomic E-state index is 13.0. The molecule has 8 nitrogen and oxygen atoms in total. The normalized spacial score (nSPS) is 22.1. The Labute approximate surface area is 204 Å². The molecule has 2 aromatic carbocycles. The number of alkyl carbamates (subject to hydrolysis) is 1. The molecule has 2 aliphatic carbocycles. The lowest BCUT2D eigenvalue weighted by atomic mass is 9.92. The summed E-state index contributed by atoms with van der Waals surface area (Å²) in [5, 5.41) is 11.7. The zero-order valence-electron chi connectivity index (χ0n) is 19.7. The number of amides is 2. The van der Waals surface area contributed by atoms with E-state index in [4.69, 9.17) is 14.6 Å². The molecule has 0 unspecified atom stereocenters. The molecule has 5 rings (SSSR count). The van der Waals surface area contributed by atoms with Gasteiger partial charge >= 0.3 is 12.1 Å². The third-order valence-electron chi connectivity index (χ3n) is 7.39. The molecule has 3 aliphatic rings. The average Bonchev–Trinajstić information content (AvgIpc) is 3.41. The lowest BCUT2D eigenvalue weighted by Gasteiger charge is -2.48. The molecular weight excluding hydrogens is 448 g/mol. The van der Waals surface area contributed by atoms with Crippen LogP contribution in [0.1, 0.15) is 43.2 Å². The first-order valence-electron chi connectivity index (χ1n) is 12.1.